The van der Waals surface area contributed by atoms with E-state index in [1.165, 1.54) is 37.1 Å². The summed E-state index contributed by atoms with van der Waals surface area (Å²) >= 11 is 24.6. The fourth-order valence-electron chi connectivity index (χ4n) is 2.92. The molecule has 0 spiro atoms. The number of anilines is 1. The zero-order valence-corrected chi connectivity index (χ0v) is 21.2. The molecule has 32 heavy (non-hydrogen) atoms. The fraction of sp³-hybridized carbons (Fsp3) is 0.300. The molecule has 2 aromatic rings. The summed E-state index contributed by atoms with van der Waals surface area (Å²) < 4.78 is 25.8. The van der Waals surface area contributed by atoms with E-state index < -0.39 is 34.4 Å². The van der Waals surface area contributed by atoms with Gasteiger partial charge in [0.15, 0.2) is 0 Å². The number of nitrogens with one attached hydrogen (secondary N) is 1. The van der Waals surface area contributed by atoms with Crippen LogP contribution in [-0.4, -0.2) is 51.0 Å². The summed E-state index contributed by atoms with van der Waals surface area (Å²) in [7, 11) is -2.49. The minimum absolute atomic E-state index is 0.0516. The van der Waals surface area contributed by atoms with Gasteiger partial charge in [-0.15, -0.1) is 0 Å². The van der Waals surface area contributed by atoms with E-state index >= 15 is 0 Å². The SMILES string of the molecule is CNC(=O)C(C)N(Cc1c(Cl)cccc1Cl)C(=O)CN(c1ccc(Cl)cc1Cl)S(C)(=O)=O. The molecule has 0 aromatic heterocycles. The number of nitrogens with zero attached hydrogens (tertiary/aromatic N) is 2. The number of rotatable bonds is 8. The van der Waals surface area contributed by atoms with Gasteiger partial charge in [0.25, 0.3) is 0 Å². The quantitative estimate of drug-likeness (QED) is 0.542. The second-order valence-corrected chi connectivity index (χ2v) is 10.4. The van der Waals surface area contributed by atoms with Crippen molar-refractivity contribution >= 4 is 73.9 Å². The van der Waals surface area contributed by atoms with Crippen LogP contribution in [0.15, 0.2) is 36.4 Å². The Labute approximate surface area is 207 Å². The van der Waals surface area contributed by atoms with E-state index in [0.29, 0.717) is 20.6 Å². The third kappa shape index (κ3) is 6.42. The van der Waals surface area contributed by atoms with Crippen LogP contribution in [-0.2, 0) is 26.2 Å². The van der Waals surface area contributed by atoms with Crippen LogP contribution in [0.3, 0.4) is 0 Å². The zero-order valence-electron chi connectivity index (χ0n) is 17.4. The predicted molar refractivity (Wildman–Crippen MR) is 129 cm³/mol. The number of likely N-dealkylation sites (N-methyl/N-ethyl adjacent to an activating group) is 1. The Balaban J connectivity index is 2.47. The van der Waals surface area contributed by atoms with Crippen molar-refractivity contribution in [2.45, 2.75) is 19.5 Å². The first kappa shape index (κ1) is 26.5. The number of sulfonamides is 1. The monoisotopic (exact) mass is 539 g/mol. The maximum Gasteiger partial charge on any atom is 0.244 e. The summed E-state index contributed by atoms with van der Waals surface area (Å²) in [6.07, 6.45) is 0.947. The third-order valence-corrected chi connectivity index (χ3v) is 7.03. The first-order chi connectivity index (χ1) is 14.9. The topological polar surface area (TPSA) is 86.8 Å². The number of benzene rings is 2. The van der Waals surface area contributed by atoms with E-state index in [9.17, 15) is 18.0 Å². The molecule has 2 amide bonds. The Hall–Kier alpha value is -1.71. The molecule has 174 valence electrons. The fourth-order valence-corrected chi connectivity index (χ4v) is 4.86. The van der Waals surface area contributed by atoms with Crippen molar-refractivity contribution in [3.05, 3.63) is 62.1 Å². The number of carbonyl (C=O) groups is 2. The third-order valence-electron chi connectivity index (χ3n) is 4.66. The molecular formula is C20H21Cl4N3O4S. The highest BCUT2D eigenvalue weighted by atomic mass is 35.5. The summed E-state index contributed by atoms with van der Waals surface area (Å²) in [5.41, 5.74) is 0.505. The molecule has 0 fully saturated rings. The number of hydrogen-bond acceptors (Lipinski definition) is 4. The molecule has 0 bridgehead atoms. The average molecular weight is 541 g/mol. The molecule has 0 aliphatic carbocycles. The van der Waals surface area contributed by atoms with E-state index in [-0.39, 0.29) is 17.3 Å². The van der Waals surface area contributed by atoms with Crippen molar-refractivity contribution in [1.82, 2.24) is 10.2 Å². The summed E-state index contributed by atoms with van der Waals surface area (Å²) in [6, 6.07) is 8.14. The smallest absolute Gasteiger partial charge is 0.244 e. The van der Waals surface area contributed by atoms with Gasteiger partial charge < -0.3 is 10.2 Å². The number of hydrogen-bond donors (Lipinski definition) is 1. The molecule has 0 saturated heterocycles. The van der Waals surface area contributed by atoms with Crippen molar-refractivity contribution in [2.24, 2.45) is 0 Å². The van der Waals surface area contributed by atoms with Crippen LogP contribution < -0.4 is 9.62 Å². The molecule has 0 aliphatic heterocycles. The van der Waals surface area contributed by atoms with Gasteiger partial charge in [-0.3, -0.25) is 13.9 Å². The predicted octanol–water partition coefficient (Wildman–Crippen LogP) is 4.23. The van der Waals surface area contributed by atoms with Gasteiger partial charge in [0, 0.05) is 34.2 Å². The van der Waals surface area contributed by atoms with Crippen LogP contribution in [0.25, 0.3) is 0 Å². The minimum Gasteiger partial charge on any atom is -0.357 e. The summed E-state index contributed by atoms with van der Waals surface area (Å²) in [4.78, 5) is 26.9. The number of halogens is 4. The largest absolute Gasteiger partial charge is 0.357 e. The van der Waals surface area contributed by atoms with Gasteiger partial charge in [-0.2, -0.15) is 0 Å². The Morgan fingerprint density at radius 2 is 1.62 bits per heavy atom. The Kier molecular flexibility index (Phi) is 9.07. The molecule has 7 nitrogen and oxygen atoms in total. The van der Waals surface area contributed by atoms with Gasteiger partial charge in [0.2, 0.25) is 21.8 Å². The first-order valence-corrected chi connectivity index (χ1v) is 12.6. The molecule has 0 aliphatic rings. The van der Waals surface area contributed by atoms with Crippen LogP contribution in [0.4, 0.5) is 5.69 Å². The van der Waals surface area contributed by atoms with Crippen molar-refractivity contribution in [2.75, 3.05) is 24.2 Å². The standard InChI is InChI=1S/C20H21Cl4N3O4S/c1-12(20(29)25-2)26(10-14-15(22)5-4-6-16(14)23)19(28)11-27(32(3,30)31)18-8-7-13(21)9-17(18)24/h4-9,12H,10-11H2,1-3H3,(H,25,29). The second kappa shape index (κ2) is 10.9. The Morgan fingerprint density at radius 3 is 2.12 bits per heavy atom. The van der Waals surface area contributed by atoms with Crippen LogP contribution in [0.5, 0.6) is 0 Å². The van der Waals surface area contributed by atoms with Gasteiger partial charge in [-0.1, -0.05) is 52.5 Å². The van der Waals surface area contributed by atoms with E-state index in [0.717, 1.165) is 10.6 Å². The zero-order chi connectivity index (χ0) is 24.2. The van der Waals surface area contributed by atoms with Crippen LogP contribution in [0, 0.1) is 0 Å². The maximum atomic E-state index is 13.3. The van der Waals surface area contributed by atoms with Gasteiger partial charge in [0.05, 0.1) is 17.0 Å². The van der Waals surface area contributed by atoms with E-state index in [1.54, 1.807) is 18.2 Å². The van der Waals surface area contributed by atoms with E-state index in [4.69, 9.17) is 46.4 Å². The average Bonchev–Trinajstić information content (AvgIpc) is 2.70. The lowest BCUT2D eigenvalue weighted by Gasteiger charge is -2.31. The second-order valence-electron chi connectivity index (χ2n) is 6.88. The van der Waals surface area contributed by atoms with Gasteiger partial charge in [-0.05, 0) is 37.3 Å². The molecule has 0 radical (unpaired) electrons. The molecule has 12 heteroatoms. The van der Waals surface area contributed by atoms with Crippen molar-refractivity contribution in [1.29, 1.82) is 0 Å². The first-order valence-electron chi connectivity index (χ1n) is 9.23. The van der Waals surface area contributed by atoms with Crippen molar-refractivity contribution in [3.63, 3.8) is 0 Å². The van der Waals surface area contributed by atoms with Crippen molar-refractivity contribution in [3.8, 4) is 0 Å². The van der Waals surface area contributed by atoms with Crippen LogP contribution in [0.2, 0.25) is 20.1 Å². The van der Waals surface area contributed by atoms with Crippen LogP contribution in [0.1, 0.15) is 12.5 Å². The summed E-state index contributed by atoms with van der Waals surface area (Å²) in [5, 5.41) is 3.45. The lowest BCUT2D eigenvalue weighted by atomic mass is 10.1. The summed E-state index contributed by atoms with van der Waals surface area (Å²) in [5.74, 6) is -1.11. The Bertz CT molecular complexity index is 1110. The molecule has 1 unspecified atom stereocenters. The lowest BCUT2D eigenvalue weighted by molar-refractivity contribution is -0.139. The van der Waals surface area contributed by atoms with Crippen molar-refractivity contribution < 1.29 is 18.0 Å². The number of carbonyl (C=O) groups excluding carboxylic acids is 2. The molecule has 0 saturated carbocycles. The molecule has 1 atom stereocenters. The van der Waals surface area contributed by atoms with Gasteiger partial charge in [-0.25, -0.2) is 8.42 Å². The normalized spacial score (nSPS) is 12.2. The van der Waals surface area contributed by atoms with Crippen LogP contribution >= 0.6 is 46.4 Å². The maximum absolute atomic E-state index is 13.3. The molecular weight excluding hydrogens is 520 g/mol. The van der Waals surface area contributed by atoms with E-state index in [1.807, 2.05) is 0 Å². The van der Waals surface area contributed by atoms with E-state index in [2.05, 4.69) is 5.32 Å². The molecule has 2 aromatic carbocycles. The minimum atomic E-state index is -3.92. The van der Waals surface area contributed by atoms with Gasteiger partial charge >= 0.3 is 0 Å². The molecule has 1 N–H and O–H groups in total. The molecule has 0 heterocycles. The molecule has 2 rings (SSSR count). The lowest BCUT2D eigenvalue weighted by Crippen LogP contribution is -2.50. The summed E-state index contributed by atoms with van der Waals surface area (Å²) in [6.45, 7) is 0.795. The highest BCUT2D eigenvalue weighted by molar-refractivity contribution is 7.92. The van der Waals surface area contributed by atoms with Gasteiger partial charge in [0.1, 0.15) is 12.6 Å². The highest BCUT2D eigenvalue weighted by Crippen LogP contribution is 2.31. The Morgan fingerprint density at radius 1 is 1.03 bits per heavy atom. The number of amides is 2. The highest BCUT2D eigenvalue weighted by Gasteiger charge is 2.31.